The molecule has 88 valence electrons. The van der Waals surface area contributed by atoms with E-state index in [1.54, 1.807) is 0 Å². The monoisotopic (exact) mass is 221 g/mol. The predicted molar refractivity (Wildman–Crippen MR) is 62.9 cm³/mol. The molecule has 0 aromatic carbocycles. The first kappa shape index (κ1) is 11.2. The van der Waals surface area contributed by atoms with Gasteiger partial charge in [0.15, 0.2) is 0 Å². The Hall–Kier alpha value is -1.29. The zero-order valence-electron chi connectivity index (χ0n) is 9.86. The van der Waals surface area contributed by atoms with Crippen LogP contribution in [0.4, 0.5) is 0 Å². The van der Waals surface area contributed by atoms with E-state index in [1.165, 1.54) is 0 Å². The molecule has 1 atom stereocenters. The number of aromatic amines is 1. The number of hydrogen-bond donors (Lipinski definition) is 2. The van der Waals surface area contributed by atoms with E-state index in [-0.39, 0.29) is 17.5 Å². The molecule has 1 aromatic heterocycles. The largest absolute Gasteiger partial charge is 0.367 e. The highest BCUT2D eigenvalue weighted by Crippen LogP contribution is 2.27. The lowest BCUT2D eigenvalue weighted by atomic mass is 9.96. The van der Waals surface area contributed by atoms with Gasteiger partial charge in [-0.2, -0.15) is 0 Å². The number of carbonyl (C=O) groups is 1. The number of hydrogen-bond acceptors (Lipinski definition) is 2. The molecule has 1 aliphatic rings. The molecule has 1 amide bonds. The van der Waals surface area contributed by atoms with E-state index in [4.69, 9.17) is 5.73 Å². The van der Waals surface area contributed by atoms with Gasteiger partial charge in [-0.25, -0.2) is 0 Å². The molecule has 1 fully saturated rings. The molecule has 3 N–H and O–H groups in total. The maximum absolute atomic E-state index is 12.1. The number of rotatable bonds is 2. The molecule has 0 saturated carbocycles. The summed E-state index contributed by atoms with van der Waals surface area (Å²) in [6.45, 7) is 4.86. The topological polar surface area (TPSA) is 62.1 Å². The fraction of sp³-hybridized carbons (Fsp3) is 0.583. The Kier molecular flexibility index (Phi) is 2.76. The van der Waals surface area contributed by atoms with Crippen LogP contribution >= 0.6 is 0 Å². The molecule has 1 unspecified atom stereocenters. The molecule has 1 aromatic rings. The van der Waals surface area contributed by atoms with Crippen LogP contribution in [0.3, 0.4) is 0 Å². The van der Waals surface area contributed by atoms with Crippen molar-refractivity contribution in [3.05, 3.63) is 24.0 Å². The van der Waals surface area contributed by atoms with Gasteiger partial charge in [0.2, 0.25) is 5.91 Å². The van der Waals surface area contributed by atoms with E-state index in [2.05, 4.69) is 4.98 Å². The van der Waals surface area contributed by atoms with Crippen LogP contribution in [0.5, 0.6) is 0 Å². The molecule has 0 radical (unpaired) electrons. The van der Waals surface area contributed by atoms with Gasteiger partial charge >= 0.3 is 0 Å². The van der Waals surface area contributed by atoms with Crippen LogP contribution in [0.1, 0.15) is 25.8 Å². The van der Waals surface area contributed by atoms with Gasteiger partial charge in [-0.3, -0.25) is 4.79 Å². The molecular formula is C12H19N3O. The van der Waals surface area contributed by atoms with Gasteiger partial charge in [-0.15, -0.1) is 0 Å². The van der Waals surface area contributed by atoms with Crippen molar-refractivity contribution in [2.75, 3.05) is 6.54 Å². The minimum Gasteiger partial charge on any atom is -0.367 e. The summed E-state index contributed by atoms with van der Waals surface area (Å²) < 4.78 is 0. The number of H-pyrrole nitrogens is 1. The summed E-state index contributed by atoms with van der Waals surface area (Å²) in [5.74, 6) is 0.164. The average molecular weight is 221 g/mol. The standard InChI is InChI=1S/C12H19N3O/c1-12(2)10(13)4-6-15(12)11(16)7-9-3-5-14-8-9/h3,5,8,10,14H,4,6-7,13H2,1-2H3. The zero-order chi connectivity index (χ0) is 11.8. The van der Waals surface area contributed by atoms with Gasteiger partial charge < -0.3 is 15.6 Å². The van der Waals surface area contributed by atoms with Crippen LogP contribution in [0.25, 0.3) is 0 Å². The average Bonchev–Trinajstić information content (AvgIpc) is 2.77. The van der Waals surface area contributed by atoms with E-state index in [9.17, 15) is 4.79 Å². The van der Waals surface area contributed by atoms with Crippen LogP contribution < -0.4 is 5.73 Å². The van der Waals surface area contributed by atoms with E-state index < -0.39 is 0 Å². The van der Waals surface area contributed by atoms with Gasteiger partial charge in [0.05, 0.1) is 12.0 Å². The van der Waals surface area contributed by atoms with E-state index in [0.717, 1.165) is 18.5 Å². The van der Waals surface area contributed by atoms with Gasteiger partial charge in [-0.05, 0) is 31.9 Å². The van der Waals surface area contributed by atoms with Gasteiger partial charge in [0, 0.05) is 25.0 Å². The summed E-state index contributed by atoms with van der Waals surface area (Å²) in [6, 6.07) is 2.02. The first-order valence-electron chi connectivity index (χ1n) is 5.69. The Morgan fingerprint density at radius 3 is 2.94 bits per heavy atom. The molecule has 4 nitrogen and oxygen atoms in total. The van der Waals surface area contributed by atoms with Crippen molar-refractivity contribution in [2.24, 2.45) is 5.73 Å². The predicted octanol–water partition coefficient (Wildman–Crippen LogP) is 0.895. The highest BCUT2D eigenvalue weighted by atomic mass is 16.2. The second-order valence-corrected chi connectivity index (χ2v) is 4.99. The zero-order valence-corrected chi connectivity index (χ0v) is 9.86. The minimum absolute atomic E-state index is 0.0858. The van der Waals surface area contributed by atoms with Crippen molar-refractivity contribution in [1.29, 1.82) is 0 Å². The summed E-state index contributed by atoms with van der Waals surface area (Å²) in [5, 5.41) is 0. The Balaban J connectivity index is 2.06. The minimum atomic E-state index is -0.215. The molecule has 2 heterocycles. The Bertz CT molecular complexity index is 370. The lowest BCUT2D eigenvalue weighted by Gasteiger charge is -2.34. The third-order valence-corrected chi connectivity index (χ3v) is 3.59. The molecule has 0 bridgehead atoms. The fourth-order valence-corrected chi connectivity index (χ4v) is 2.29. The molecule has 0 spiro atoms. The first-order chi connectivity index (χ1) is 7.51. The number of nitrogens with two attached hydrogens (primary N) is 1. The summed E-state index contributed by atoms with van der Waals surface area (Å²) in [7, 11) is 0. The number of aromatic nitrogens is 1. The molecule has 1 aliphatic heterocycles. The van der Waals surface area contributed by atoms with Crippen LogP contribution in [0.2, 0.25) is 0 Å². The lowest BCUT2D eigenvalue weighted by Crippen LogP contribution is -2.51. The Morgan fingerprint density at radius 2 is 2.44 bits per heavy atom. The summed E-state index contributed by atoms with van der Waals surface area (Å²) >= 11 is 0. The van der Waals surface area contributed by atoms with Crippen LogP contribution in [-0.4, -0.2) is 33.9 Å². The van der Waals surface area contributed by atoms with E-state index in [1.807, 2.05) is 37.2 Å². The van der Waals surface area contributed by atoms with Gasteiger partial charge in [0.1, 0.15) is 0 Å². The molecular weight excluding hydrogens is 202 g/mol. The van der Waals surface area contributed by atoms with E-state index >= 15 is 0 Å². The van der Waals surface area contributed by atoms with Crippen molar-refractivity contribution < 1.29 is 4.79 Å². The third kappa shape index (κ3) is 1.85. The molecule has 0 aliphatic carbocycles. The van der Waals surface area contributed by atoms with Gasteiger partial charge in [0.25, 0.3) is 0 Å². The molecule has 16 heavy (non-hydrogen) atoms. The van der Waals surface area contributed by atoms with Crippen LogP contribution in [0, 0.1) is 0 Å². The normalized spacial score (nSPS) is 23.7. The van der Waals surface area contributed by atoms with Crippen LogP contribution in [-0.2, 0) is 11.2 Å². The van der Waals surface area contributed by atoms with Crippen molar-refractivity contribution in [3.8, 4) is 0 Å². The fourth-order valence-electron chi connectivity index (χ4n) is 2.29. The van der Waals surface area contributed by atoms with Crippen LogP contribution in [0.15, 0.2) is 18.5 Å². The van der Waals surface area contributed by atoms with Crippen molar-refractivity contribution in [3.63, 3.8) is 0 Å². The lowest BCUT2D eigenvalue weighted by molar-refractivity contribution is -0.133. The summed E-state index contributed by atoms with van der Waals surface area (Å²) in [4.78, 5) is 17.0. The maximum atomic E-state index is 12.1. The quantitative estimate of drug-likeness (QED) is 0.779. The molecule has 2 rings (SSSR count). The smallest absolute Gasteiger partial charge is 0.227 e. The SMILES string of the molecule is CC1(C)C(N)CCN1C(=O)Cc1cc[nH]c1. The number of amides is 1. The van der Waals surface area contributed by atoms with Crippen molar-refractivity contribution in [2.45, 2.75) is 38.3 Å². The first-order valence-corrected chi connectivity index (χ1v) is 5.69. The number of carbonyl (C=O) groups excluding carboxylic acids is 1. The van der Waals surface area contributed by atoms with E-state index in [0.29, 0.717) is 6.42 Å². The van der Waals surface area contributed by atoms with Crippen molar-refractivity contribution >= 4 is 5.91 Å². The number of nitrogens with one attached hydrogen (secondary N) is 1. The maximum Gasteiger partial charge on any atom is 0.227 e. The Morgan fingerprint density at radius 1 is 1.69 bits per heavy atom. The Labute approximate surface area is 95.8 Å². The second kappa shape index (κ2) is 3.94. The third-order valence-electron chi connectivity index (χ3n) is 3.59. The number of likely N-dealkylation sites (tertiary alicyclic amines) is 1. The van der Waals surface area contributed by atoms with Crippen molar-refractivity contribution in [1.82, 2.24) is 9.88 Å². The summed E-state index contributed by atoms with van der Waals surface area (Å²) in [6.07, 6.45) is 5.05. The molecule has 4 heteroatoms. The number of nitrogens with zero attached hydrogens (tertiary/aromatic N) is 1. The molecule has 1 saturated heterocycles. The summed E-state index contributed by atoms with van der Waals surface area (Å²) in [5.41, 5.74) is 6.83. The second-order valence-electron chi connectivity index (χ2n) is 4.99. The highest BCUT2D eigenvalue weighted by Gasteiger charge is 2.41. The van der Waals surface area contributed by atoms with Gasteiger partial charge in [-0.1, -0.05) is 0 Å². The highest BCUT2D eigenvalue weighted by molar-refractivity contribution is 5.80.